The van der Waals surface area contributed by atoms with Gasteiger partial charge in [-0.05, 0) is 55.9 Å². The van der Waals surface area contributed by atoms with E-state index in [1.165, 1.54) is 32.1 Å². The fourth-order valence-electron chi connectivity index (χ4n) is 3.78. The number of carbonyl (C=O) groups is 1. The number of methoxy groups -OCH3 is 1. The third-order valence-electron chi connectivity index (χ3n) is 4.84. The number of nitrogens with zero attached hydrogens (tertiary/aromatic N) is 1. The molecule has 1 saturated heterocycles. The summed E-state index contributed by atoms with van der Waals surface area (Å²) >= 11 is 0. The van der Waals surface area contributed by atoms with Gasteiger partial charge in [0.25, 0.3) is 5.91 Å². The molecule has 1 amide bonds. The molecule has 2 fully saturated rings. The second-order valence-corrected chi connectivity index (χ2v) is 5.98. The van der Waals surface area contributed by atoms with E-state index in [1.54, 1.807) is 7.11 Å². The second-order valence-electron chi connectivity index (χ2n) is 5.98. The normalized spacial score (nSPS) is 23.2. The van der Waals surface area contributed by atoms with E-state index in [0.717, 1.165) is 30.2 Å². The summed E-state index contributed by atoms with van der Waals surface area (Å²) in [6.07, 6.45) is 7.63. The Hall–Kier alpha value is -1.51. The van der Waals surface area contributed by atoms with Crippen LogP contribution in [0.5, 0.6) is 5.75 Å². The van der Waals surface area contributed by atoms with Crippen LogP contribution in [0, 0.1) is 5.92 Å². The Morgan fingerprint density at radius 3 is 2.45 bits per heavy atom. The summed E-state index contributed by atoms with van der Waals surface area (Å²) in [5.74, 6) is 1.73. The Bertz CT molecular complexity index is 462. The van der Waals surface area contributed by atoms with Crippen molar-refractivity contribution in [3.05, 3.63) is 29.8 Å². The second kappa shape index (κ2) is 5.86. The summed E-state index contributed by atoms with van der Waals surface area (Å²) < 4.78 is 5.15. The van der Waals surface area contributed by atoms with E-state index >= 15 is 0 Å². The first-order valence-electron chi connectivity index (χ1n) is 7.74. The van der Waals surface area contributed by atoms with Crippen molar-refractivity contribution in [2.45, 2.75) is 44.6 Å². The average Bonchev–Trinajstić information content (AvgIpc) is 3.16. The predicted molar refractivity (Wildman–Crippen MR) is 79.0 cm³/mol. The summed E-state index contributed by atoms with van der Waals surface area (Å²) in [5, 5.41) is 0. The minimum atomic E-state index is 0.196. The zero-order chi connectivity index (χ0) is 13.9. The Labute approximate surface area is 120 Å². The molecule has 0 N–H and O–H groups in total. The highest BCUT2D eigenvalue weighted by Gasteiger charge is 2.36. The smallest absolute Gasteiger partial charge is 0.254 e. The van der Waals surface area contributed by atoms with E-state index in [4.69, 9.17) is 4.74 Å². The van der Waals surface area contributed by atoms with Crippen LogP contribution in [0.25, 0.3) is 0 Å². The molecule has 1 aliphatic heterocycles. The fourth-order valence-corrected chi connectivity index (χ4v) is 3.78. The molecule has 3 nitrogen and oxygen atoms in total. The summed E-state index contributed by atoms with van der Waals surface area (Å²) in [5.41, 5.74) is 0.788. The minimum Gasteiger partial charge on any atom is -0.497 e. The van der Waals surface area contributed by atoms with Crippen molar-refractivity contribution >= 4 is 5.91 Å². The maximum Gasteiger partial charge on any atom is 0.254 e. The number of hydrogen-bond acceptors (Lipinski definition) is 2. The lowest BCUT2D eigenvalue weighted by Crippen LogP contribution is -2.39. The first-order valence-corrected chi connectivity index (χ1v) is 7.74. The van der Waals surface area contributed by atoms with Gasteiger partial charge in [-0.25, -0.2) is 0 Å². The van der Waals surface area contributed by atoms with Gasteiger partial charge in [-0.3, -0.25) is 4.79 Å². The maximum atomic E-state index is 12.7. The predicted octanol–water partition coefficient (Wildman–Crippen LogP) is 3.49. The van der Waals surface area contributed by atoms with Crippen molar-refractivity contribution in [3.8, 4) is 5.75 Å². The third-order valence-corrected chi connectivity index (χ3v) is 4.84. The highest BCUT2D eigenvalue weighted by atomic mass is 16.5. The molecule has 3 heteroatoms. The number of carbonyl (C=O) groups excluding carboxylic acids is 1. The number of benzene rings is 1. The van der Waals surface area contributed by atoms with E-state index in [1.807, 2.05) is 24.3 Å². The van der Waals surface area contributed by atoms with Gasteiger partial charge in [0.15, 0.2) is 0 Å². The fraction of sp³-hybridized carbons (Fsp3) is 0.588. The van der Waals surface area contributed by atoms with Crippen LogP contribution in [0.3, 0.4) is 0 Å². The maximum absolute atomic E-state index is 12.7. The number of hydrogen-bond donors (Lipinski definition) is 0. The van der Waals surface area contributed by atoms with Crippen molar-refractivity contribution in [3.63, 3.8) is 0 Å². The molecule has 0 radical (unpaired) electrons. The number of likely N-dealkylation sites (tertiary alicyclic amines) is 1. The van der Waals surface area contributed by atoms with Crippen molar-refractivity contribution in [2.24, 2.45) is 5.92 Å². The van der Waals surface area contributed by atoms with Crippen molar-refractivity contribution in [2.75, 3.05) is 13.7 Å². The largest absolute Gasteiger partial charge is 0.497 e. The van der Waals surface area contributed by atoms with E-state index in [2.05, 4.69) is 4.90 Å². The van der Waals surface area contributed by atoms with Crippen LogP contribution in [-0.2, 0) is 0 Å². The van der Waals surface area contributed by atoms with Gasteiger partial charge in [-0.15, -0.1) is 0 Å². The van der Waals surface area contributed by atoms with Gasteiger partial charge in [0.05, 0.1) is 7.11 Å². The molecule has 1 atom stereocenters. The van der Waals surface area contributed by atoms with Crippen LogP contribution in [0.4, 0.5) is 0 Å². The summed E-state index contributed by atoms with van der Waals surface area (Å²) in [6, 6.07) is 7.98. The van der Waals surface area contributed by atoms with E-state index in [-0.39, 0.29) is 5.91 Å². The quantitative estimate of drug-likeness (QED) is 0.843. The van der Waals surface area contributed by atoms with E-state index in [0.29, 0.717) is 6.04 Å². The van der Waals surface area contributed by atoms with Crippen LogP contribution in [0.2, 0.25) is 0 Å². The summed E-state index contributed by atoms with van der Waals surface area (Å²) in [6.45, 7) is 0.923. The Kier molecular flexibility index (Phi) is 3.95. The van der Waals surface area contributed by atoms with Crippen LogP contribution < -0.4 is 4.74 Å². The minimum absolute atomic E-state index is 0.196. The molecular formula is C17H23NO2. The number of rotatable bonds is 3. The van der Waals surface area contributed by atoms with Crippen LogP contribution in [0.15, 0.2) is 24.3 Å². The molecule has 20 heavy (non-hydrogen) atoms. The van der Waals surface area contributed by atoms with Crippen molar-refractivity contribution in [1.29, 1.82) is 0 Å². The van der Waals surface area contributed by atoms with Gasteiger partial charge in [0.1, 0.15) is 5.75 Å². The standard InChI is InChI=1S/C17H23NO2/c1-20-15-10-8-14(9-11-15)17(19)18-12-4-7-16(18)13-5-2-3-6-13/h8-11,13,16H,2-7,12H2,1H3. The Morgan fingerprint density at radius 2 is 1.80 bits per heavy atom. The molecule has 108 valence electrons. The SMILES string of the molecule is COc1ccc(C(=O)N2CCCC2C2CCCC2)cc1. The van der Waals surface area contributed by atoms with Gasteiger partial charge in [0.2, 0.25) is 0 Å². The molecule has 1 heterocycles. The lowest BCUT2D eigenvalue weighted by molar-refractivity contribution is 0.0689. The summed E-state index contributed by atoms with van der Waals surface area (Å²) in [4.78, 5) is 14.8. The zero-order valence-electron chi connectivity index (χ0n) is 12.2. The molecule has 0 spiro atoms. The molecule has 1 aromatic rings. The Morgan fingerprint density at radius 1 is 1.10 bits per heavy atom. The summed E-state index contributed by atoms with van der Waals surface area (Å²) in [7, 11) is 1.65. The molecule has 1 aliphatic carbocycles. The first-order chi connectivity index (χ1) is 9.79. The molecule has 2 aliphatic rings. The third kappa shape index (κ3) is 2.54. The topological polar surface area (TPSA) is 29.5 Å². The first kappa shape index (κ1) is 13.5. The number of ether oxygens (including phenoxy) is 1. The lowest BCUT2D eigenvalue weighted by atomic mass is 9.95. The number of amides is 1. The molecule has 1 saturated carbocycles. The van der Waals surface area contributed by atoms with Gasteiger partial charge in [-0.1, -0.05) is 12.8 Å². The van der Waals surface area contributed by atoms with Gasteiger partial charge >= 0.3 is 0 Å². The molecule has 1 aromatic carbocycles. The molecule has 1 unspecified atom stereocenters. The highest BCUT2D eigenvalue weighted by Crippen LogP contribution is 2.36. The molecular weight excluding hydrogens is 250 g/mol. The average molecular weight is 273 g/mol. The zero-order valence-corrected chi connectivity index (χ0v) is 12.2. The van der Waals surface area contributed by atoms with Gasteiger partial charge in [0, 0.05) is 18.2 Å². The van der Waals surface area contributed by atoms with Crippen LogP contribution in [0.1, 0.15) is 48.9 Å². The molecule has 3 rings (SSSR count). The monoisotopic (exact) mass is 273 g/mol. The Balaban J connectivity index is 1.74. The van der Waals surface area contributed by atoms with Crippen molar-refractivity contribution < 1.29 is 9.53 Å². The van der Waals surface area contributed by atoms with Gasteiger partial charge in [-0.2, -0.15) is 0 Å². The highest BCUT2D eigenvalue weighted by molar-refractivity contribution is 5.94. The van der Waals surface area contributed by atoms with Gasteiger partial charge < -0.3 is 9.64 Å². The lowest BCUT2D eigenvalue weighted by Gasteiger charge is -2.29. The molecule has 0 bridgehead atoms. The van der Waals surface area contributed by atoms with Crippen LogP contribution in [-0.4, -0.2) is 30.5 Å². The molecule has 0 aromatic heterocycles. The van der Waals surface area contributed by atoms with Crippen molar-refractivity contribution in [1.82, 2.24) is 4.90 Å². The van der Waals surface area contributed by atoms with E-state index < -0.39 is 0 Å². The van der Waals surface area contributed by atoms with E-state index in [9.17, 15) is 4.79 Å². The van der Waals surface area contributed by atoms with Crippen LogP contribution >= 0.6 is 0 Å².